The Morgan fingerprint density at radius 1 is 1.35 bits per heavy atom. The van der Waals surface area contributed by atoms with Gasteiger partial charge in [0.05, 0.1) is 12.0 Å². The van der Waals surface area contributed by atoms with Crippen molar-refractivity contribution in [2.45, 2.75) is 38.8 Å². The lowest BCUT2D eigenvalue weighted by atomic mass is 10.0. The Bertz CT molecular complexity index is 815. The minimum atomic E-state index is -0.923. The van der Waals surface area contributed by atoms with Crippen LogP contribution in [0.5, 0.6) is 0 Å². The lowest BCUT2D eigenvalue weighted by molar-refractivity contribution is -0.159. The van der Waals surface area contributed by atoms with Crippen molar-refractivity contribution < 1.29 is 18.7 Å². The summed E-state index contributed by atoms with van der Waals surface area (Å²) < 4.78 is 10.6. The highest BCUT2D eigenvalue weighted by Gasteiger charge is 2.37. The molecule has 1 aliphatic heterocycles. The van der Waals surface area contributed by atoms with Crippen LogP contribution in [0, 0.1) is 0 Å². The number of carbonyl (C=O) groups is 2. The van der Waals surface area contributed by atoms with Crippen LogP contribution in [0.15, 0.2) is 52.2 Å². The van der Waals surface area contributed by atoms with Crippen molar-refractivity contribution in [3.05, 3.63) is 59.0 Å². The fourth-order valence-electron chi connectivity index (χ4n) is 2.75. The zero-order valence-electron chi connectivity index (χ0n) is 14.5. The molecule has 6 nitrogen and oxygen atoms in total. The van der Waals surface area contributed by atoms with Crippen LogP contribution < -0.4 is 0 Å². The number of hydrogen-bond acceptors (Lipinski definition) is 5. The van der Waals surface area contributed by atoms with E-state index in [-0.39, 0.29) is 12.5 Å². The van der Waals surface area contributed by atoms with E-state index in [4.69, 9.17) is 20.8 Å². The number of halogens is 1. The molecule has 7 heteroatoms. The number of esters is 1. The molecule has 2 aromatic rings. The molecule has 1 aromatic carbocycles. The van der Waals surface area contributed by atoms with E-state index < -0.39 is 18.0 Å². The maximum Gasteiger partial charge on any atom is 0.306 e. The molecule has 0 spiro atoms. The van der Waals surface area contributed by atoms with Crippen LogP contribution in [-0.4, -0.2) is 28.7 Å². The van der Waals surface area contributed by atoms with Crippen molar-refractivity contribution in [3.63, 3.8) is 0 Å². The number of rotatable bonds is 5. The Morgan fingerprint density at radius 2 is 2.08 bits per heavy atom. The summed E-state index contributed by atoms with van der Waals surface area (Å²) >= 11 is 5.94. The minimum Gasteiger partial charge on any atom is -0.467 e. The second kappa shape index (κ2) is 7.74. The first-order valence-corrected chi connectivity index (χ1v) is 8.76. The summed E-state index contributed by atoms with van der Waals surface area (Å²) in [5.41, 5.74) is 1.62. The van der Waals surface area contributed by atoms with Crippen molar-refractivity contribution in [2.75, 3.05) is 0 Å². The second-order valence-electron chi connectivity index (χ2n) is 5.96. The molecule has 1 aliphatic rings. The fraction of sp³-hybridized carbons (Fsp3) is 0.316. The Labute approximate surface area is 156 Å². The monoisotopic (exact) mass is 374 g/mol. The van der Waals surface area contributed by atoms with E-state index in [1.54, 1.807) is 44.4 Å². The van der Waals surface area contributed by atoms with Gasteiger partial charge in [-0.25, -0.2) is 5.01 Å². The molecule has 0 aliphatic carbocycles. The number of hydrazone groups is 1. The predicted octanol–water partition coefficient (Wildman–Crippen LogP) is 3.95. The van der Waals surface area contributed by atoms with Gasteiger partial charge in [-0.05, 0) is 36.8 Å². The Hall–Kier alpha value is -2.60. The van der Waals surface area contributed by atoms with Gasteiger partial charge < -0.3 is 9.15 Å². The van der Waals surface area contributed by atoms with Crippen LogP contribution in [0.25, 0.3) is 0 Å². The highest BCUT2D eigenvalue weighted by atomic mass is 35.5. The van der Waals surface area contributed by atoms with Gasteiger partial charge in [-0.2, -0.15) is 5.10 Å². The summed E-state index contributed by atoms with van der Waals surface area (Å²) in [4.78, 5) is 24.3. The van der Waals surface area contributed by atoms with Crippen LogP contribution in [0.3, 0.4) is 0 Å². The van der Waals surface area contributed by atoms with E-state index in [1.165, 1.54) is 5.01 Å². The molecular weight excluding hydrogens is 356 g/mol. The first-order chi connectivity index (χ1) is 12.5. The number of hydrogen-bond donors (Lipinski definition) is 0. The van der Waals surface area contributed by atoms with E-state index in [0.717, 1.165) is 11.3 Å². The summed E-state index contributed by atoms with van der Waals surface area (Å²) in [5, 5.41) is 6.46. The summed E-state index contributed by atoms with van der Waals surface area (Å²) in [5.74, 6) is -0.196. The maximum absolute atomic E-state index is 12.8. The Morgan fingerprint density at radius 3 is 2.69 bits per heavy atom. The standard InChI is InChI=1S/C19H19ClN2O4/c1-3-18(23)26-12(2)19(24)22-16(17-5-4-10-25-17)11-15(21-22)13-6-8-14(20)9-7-13/h4-10,12,16H,3,11H2,1-2H3/t12-,16+/m1/s1. The normalized spacial score (nSPS) is 17.7. The summed E-state index contributed by atoms with van der Waals surface area (Å²) in [6, 6.07) is 10.4. The number of ether oxygens (including phenoxy) is 1. The molecule has 26 heavy (non-hydrogen) atoms. The van der Waals surface area contributed by atoms with Crippen molar-refractivity contribution in [3.8, 4) is 0 Å². The third kappa shape index (κ3) is 3.80. The number of benzene rings is 1. The Balaban J connectivity index is 1.88. The van der Waals surface area contributed by atoms with Gasteiger partial charge in [0.1, 0.15) is 11.8 Å². The molecule has 3 rings (SSSR count). The van der Waals surface area contributed by atoms with Gasteiger partial charge in [0.15, 0.2) is 6.10 Å². The smallest absolute Gasteiger partial charge is 0.306 e. The van der Waals surface area contributed by atoms with Crippen molar-refractivity contribution in [1.29, 1.82) is 0 Å². The van der Waals surface area contributed by atoms with E-state index in [0.29, 0.717) is 17.2 Å². The molecule has 1 amide bonds. The average Bonchev–Trinajstić information content (AvgIpc) is 3.30. The van der Waals surface area contributed by atoms with Gasteiger partial charge in [-0.1, -0.05) is 30.7 Å². The van der Waals surface area contributed by atoms with Crippen LogP contribution in [0.4, 0.5) is 0 Å². The lowest BCUT2D eigenvalue weighted by Gasteiger charge is -2.23. The largest absolute Gasteiger partial charge is 0.467 e. The molecule has 0 saturated heterocycles. The first kappa shape index (κ1) is 18.2. The van der Waals surface area contributed by atoms with E-state index in [9.17, 15) is 9.59 Å². The number of nitrogens with zero attached hydrogens (tertiary/aromatic N) is 2. The van der Waals surface area contributed by atoms with Crippen LogP contribution in [0.2, 0.25) is 5.02 Å². The van der Waals surface area contributed by atoms with Crippen LogP contribution >= 0.6 is 11.6 Å². The predicted molar refractivity (Wildman–Crippen MR) is 96.7 cm³/mol. The molecule has 1 aromatic heterocycles. The van der Waals surface area contributed by atoms with Gasteiger partial charge in [0.2, 0.25) is 0 Å². The lowest BCUT2D eigenvalue weighted by Crippen LogP contribution is -2.37. The number of furan rings is 1. The average molecular weight is 375 g/mol. The summed E-state index contributed by atoms with van der Waals surface area (Å²) in [6.45, 7) is 3.22. The van der Waals surface area contributed by atoms with Crippen molar-refractivity contribution in [2.24, 2.45) is 5.10 Å². The molecule has 2 heterocycles. The molecule has 136 valence electrons. The molecule has 2 atom stereocenters. The molecule has 0 saturated carbocycles. The van der Waals surface area contributed by atoms with Gasteiger partial charge in [-0.3, -0.25) is 9.59 Å². The Kier molecular flexibility index (Phi) is 5.42. The molecule has 0 unspecified atom stereocenters. The summed E-state index contributed by atoms with van der Waals surface area (Å²) in [6.07, 6.45) is 1.33. The van der Waals surface area contributed by atoms with E-state index >= 15 is 0 Å². The molecular formula is C19H19ClN2O4. The quantitative estimate of drug-likeness (QED) is 0.743. The van der Waals surface area contributed by atoms with Crippen LogP contribution in [-0.2, 0) is 14.3 Å². The van der Waals surface area contributed by atoms with Crippen LogP contribution in [0.1, 0.15) is 44.1 Å². The number of amides is 1. The first-order valence-electron chi connectivity index (χ1n) is 8.39. The third-order valence-corrected chi connectivity index (χ3v) is 4.38. The summed E-state index contributed by atoms with van der Waals surface area (Å²) in [7, 11) is 0. The maximum atomic E-state index is 12.8. The van der Waals surface area contributed by atoms with Gasteiger partial charge in [0, 0.05) is 17.9 Å². The molecule has 0 bridgehead atoms. The minimum absolute atomic E-state index is 0.207. The molecule has 0 fully saturated rings. The van der Waals surface area contributed by atoms with Gasteiger partial charge >= 0.3 is 5.97 Å². The zero-order chi connectivity index (χ0) is 18.7. The van der Waals surface area contributed by atoms with Crippen molar-refractivity contribution >= 4 is 29.2 Å². The highest BCUT2D eigenvalue weighted by Crippen LogP contribution is 2.34. The topological polar surface area (TPSA) is 72.1 Å². The zero-order valence-corrected chi connectivity index (χ0v) is 15.3. The highest BCUT2D eigenvalue weighted by molar-refractivity contribution is 6.30. The third-order valence-electron chi connectivity index (χ3n) is 4.13. The van der Waals surface area contributed by atoms with E-state index in [2.05, 4.69) is 5.10 Å². The molecule has 0 radical (unpaired) electrons. The van der Waals surface area contributed by atoms with Gasteiger partial charge in [0.25, 0.3) is 5.91 Å². The van der Waals surface area contributed by atoms with Crippen molar-refractivity contribution in [1.82, 2.24) is 5.01 Å². The second-order valence-corrected chi connectivity index (χ2v) is 6.39. The number of carbonyl (C=O) groups excluding carboxylic acids is 2. The fourth-order valence-corrected chi connectivity index (χ4v) is 2.88. The SMILES string of the molecule is CCC(=O)O[C@H](C)C(=O)N1N=C(c2ccc(Cl)cc2)C[C@H]1c1ccco1. The van der Waals surface area contributed by atoms with E-state index in [1.807, 2.05) is 12.1 Å². The van der Waals surface area contributed by atoms with Gasteiger partial charge in [-0.15, -0.1) is 0 Å². The molecule has 0 N–H and O–H groups in total.